The second-order valence-electron chi connectivity index (χ2n) is 8.08. The Labute approximate surface area is 168 Å². The summed E-state index contributed by atoms with van der Waals surface area (Å²) in [4.78, 5) is 4.02. The number of hydrogen-bond acceptors (Lipinski definition) is 6. The van der Waals surface area contributed by atoms with Crippen molar-refractivity contribution in [1.29, 1.82) is 0 Å². The van der Waals surface area contributed by atoms with E-state index in [-0.39, 0.29) is 6.61 Å². The molecule has 0 radical (unpaired) electrons. The summed E-state index contributed by atoms with van der Waals surface area (Å²) in [5, 5.41) is 14.1. The van der Waals surface area contributed by atoms with Gasteiger partial charge in [-0.1, -0.05) is 0 Å². The van der Waals surface area contributed by atoms with Crippen LogP contribution in [0.15, 0.2) is 42.9 Å². The van der Waals surface area contributed by atoms with E-state index in [0.717, 1.165) is 11.7 Å². The first-order chi connectivity index (χ1) is 13.7. The first kappa shape index (κ1) is 19.8. The van der Waals surface area contributed by atoms with Crippen LogP contribution < -0.4 is 10.2 Å². The van der Waals surface area contributed by atoms with Crippen molar-refractivity contribution in [3.8, 4) is 5.75 Å². The summed E-state index contributed by atoms with van der Waals surface area (Å²) in [7, 11) is -0.590. The lowest BCUT2D eigenvalue weighted by atomic mass is 9.80. The average molecular weight is 399 g/mol. The highest BCUT2D eigenvalue weighted by molar-refractivity contribution is 6.62. The summed E-state index contributed by atoms with van der Waals surface area (Å²) in [6, 6.07) is 6.38. The Morgan fingerprint density at radius 3 is 2.55 bits per heavy atom. The normalized spacial score (nSPS) is 18.9. The zero-order valence-corrected chi connectivity index (χ0v) is 16.8. The molecule has 1 N–H and O–H groups in total. The SMILES string of the molecule is CC1(C)OB(c2cc(OC(CO)c3ccc(F)cn3)c3ccnn3c2)OC1(C)C. The van der Waals surface area contributed by atoms with Crippen LogP contribution in [0.25, 0.3) is 5.52 Å². The number of nitrogens with zero attached hydrogens (tertiary/aromatic N) is 3. The van der Waals surface area contributed by atoms with E-state index in [2.05, 4.69) is 10.1 Å². The maximum atomic E-state index is 13.2. The Morgan fingerprint density at radius 1 is 1.21 bits per heavy atom. The summed E-state index contributed by atoms with van der Waals surface area (Å²) >= 11 is 0. The second kappa shape index (κ2) is 7.09. The molecule has 1 unspecified atom stereocenters. The van der Waals surface area contributed by atoms with Crippen molar-refractivity contribution >= 4 is 18.1 Å². The van der Waals surface area contributed by atoms with Gasteiger partial charge in [0.2, 0.25) is 0 Å². The van der Waals surface area contributed by atoms with Crippen molar-refractivity contribution in [2.24, 2.45) is 0 Å². The zero-order chi connectivity index (χ0) is 20.8. The van der Waals surface area contributed by atoms with Gasteiger partial charge in [0, 0.05) is 11.7 Å². The lowest BCUT2D eigenvalue weighted by Gasteiger charge is -2.32. The highest BCUT2D eigenvalue weighted by atomic mass is 19.1. The third-order valence-electron chi connectivity index (χ3n) is 5.53. The lowest BCUT2D eigenvalue weighted by molar-refractivity contribution is 0.00578. The van der Waals surface area contributed by atoms with Gasteiger partial charge in [0.1, 0.15) is 17.1 Å². The van der Waals surface area contributed by atoms with Gasteiger partial charge in [-0.2, -0.15) is 5.10 Å². The van der Waals surface area contributed by atoms with Crippen molar-refractivity contribution in [3.05, 3.63) is 54.4 Å². The topological polar surface area (TPSA) is 78.1 Å². The van der Waals surface area contributed by atoms with Crippen LogP contribution in [0.4, 0.5) is 4.39 Å². The number of fused-ring (bicyclic) bond motifs is 1. The molecule has 3 aromatic rings. The maximum absolute atomic E-state index is 13.2. The molecular weight excluding hydrogens is 376 g/mol. The Hall–Kier alpha value is -2.49. The predicted octanol–water partition coefficient (Wildman–Crippen LogP) is 2.28. The molecule has 1 fully saturated rings. The Bertz CT molecular complexity index is 1010. The Morgan fingerprint density at radius 2 is 1.93 bits per heavy atom. The third-order valence-corrected chi connectivity index (χ3v) is 5.53. The van der Waals surface area contributed by atoms with E-state index >= 15 is 0 Å². The standard InChI is InChI=1S/C20H23BFN3O4/c1-19(2)20(3,4)29-21(28-19)13-9-17(16-7-8-24-25(16)11-13)27-18(12-26)15-6-5-14(22)10-23-15/h5-11,18,26H,12H2,1-4H3. The van der Waals surface area contributed by atoms with E-state index in [9.17, 15) is 9.50 Å². The number of hydrogen-bond donors (Lipinski definition) is 1. The van der Waals surface area contributed by atoms with Gasteiger partial charge in [0.05, 0.1) is 35.9 Å². The number of aliphatic hydroxyl groups is 1. The van der Waals surface area contributed by atoms with Gasteiger partial charge in [0.15, 0.2) is 6.10 Å². The van der Waals surface area contributed by atoms with E-state index in [4.69, 9.17) is 14.0 Å². The minimum Gasteiger partial charge on any atom is -0.479 e. The fourth-order valence-electron chi connectivity index (χ4n) is 3.14. The molecule has 0 aromatic carbocycles. The number of aliphatic hydroxyl groups excluding tert-OH is 1. The molecule has 0 aliphatic carbocycles. The molecule has 0 saturated carbocycles. The van der Waals surface area contributed by atoms with E-state index in [1.807, 2.05) is 40.0 Å². The Kier molecular flexibility index (Phi) is 4.84. The van der Waals surface area contributed by atoms with E-state index in [0.29, 0.717) is 17.0 Å². The molecule has 1 saturated heterocycles. The molecule has 152 valence electrons. The largest absolute Gasteiger partial charge is 0.496 e. The molecule has 4 rings (SSSR count). The minimum absolute atomic E-state index is 0.320. The van der Waals surface area contributed by atoms with Gasteiger partial charge in [-0.05, 0) is 52.0 Å². The fraction of sp³-hybridized carbons (Fsp3) is 0.400. The minimum atomic E-state index is -0.761. The van der Waals surface area contributed by atoms with Crippen LogP contribution in [0.1, 0.15) is 39.5 Å². The third kappa shape index (κ3) is 3.61. The van der Waals surface area contributed by atoms with Crippen LogP contribution in [0, 0.1) is 5.82 Å². The van der Waals surface area contributed by atoms with Crippen molar-refractivity contribution in [2.45, 2.75) is 45.0 Å². The van der Waals surface area contributed by atoms with Gasteiger partial charge in [-0.15, -0.1) is 0 Å². The van der Waals surface area contributed by atoms with E-state index < -0.39 is 30.2 Å². The van der Waals surface area contributed by atoms with Crippen LogP contribution in [0.2, 0.25) is 0 Å². The molecule has 4 heterocycles. The van der Waals surface area contributed by atoms with Crippen molar-refractivity contribution in [3.63, 3.8) is 0 Å². The van der Waals surface area contributed by atoms with Crippen LogP contribution in [0.3, 0.4) is 0 Å². The Balaban J connectivity index is 1.69. The highest BCUT2D eigenvalue weighted by Gasteiger charge is 2.52. The number of rotatable bonds is 5. The quantitative estimate of drug-likeness (QED) is 0.664. The molecule has 0 spiro atoms. The second-order valence-corrected chi connectivity index (χ2v) is 8.08. The maximum Gasteiger partial charge on any atom is 0.496 e. The first-order valence-corrected chi connectivity index (χ1v) is 9.42. The summed E-state index contributed by atoms with van der Waals surface area (Å²) < 4.78 is 33.2. The summed E-state index contributed by atoms with van der Waals surface area (Å²) in [6.45, 7) is 7.62. The fourth-order valence-corrected chi connectivity index (χ4v) is 3.14. The summed E-state index contributed by atoms with van der Waals surface area (Å²) in [6.07, 6.45) is 3.81. The molecule has 1 aliphatic rings. The lowest BCUT2D eigenvalue weighted by Crippen LogP contribution is -2.41. The van der Waals surface area contributed by atoms with Gasteiger partial charge in [-0.25, -0.2) is 8.91 Å². The number of aromatic nitrogens is 3. The highest BCUT2D eigenvalue weighted by Crippen LogP contribution is 2.37. The monoisotopic (exact) mass is 399 g/mol. The molecule has 9 heteroatoms. The zero-order valence-electron chi connectivity index (χ0n) is 16.8. The predicted molar refractivity (Wildman–Crippen MR) is 106 cm³/mol. The van der Waals surface area contributed by atoms with Crippen molar-refractivity contribution in [1.82, 2.24) is 14.6 Å². The number of pyridine rings is 2. The van der Waals surface area contributed by atoms with Crippen LogP contribution in [0.5, 0.6) is 5.75 Å². The average Bonchev–Trinajstić information content (AvgIpc) is 3.22. The molecule has 0 amide bonds. The molecule has 1 aliphatic heterocycles. The van der Waals surface area contributed by atoms with E-state index in [1.165, 1.54) is 12.1 Å². The van der Waals surface area contributed by atoms with Crippen LogP contribution in [-0.2, 0) is 9.31 Å². The van der Waals surface area contributed by atoms with Gasteiger partial charge >= 0.3 is 7.12 Å². The number of halogens is 1. The number of ether oxygens (including phenoxy) is 1. The van der Waals surface area contributed by atoms with Crippen molar-refractivity contribution in [2.75, 3.05) is 6.61 Å². The van der Waals surface area contributed by atoms with Gasteiger partial charge in [-0.3, -0.25) is 4.98 Å². The molecule has 1 atom stereocenters. The molecule has 29 heavy (non-hydrogen) atoms. The van der Waals surface area contributed by atoms with Gasteiger partial charge < -0.3 is 19.2 Å². The molecule has 7 nitrogen and oxygen atoms in total. The molecule has 3 aromatic heterocycles. The molecular formula is C20H23BFN3O4. The summed E-state index contributed by atoms with van der Waals surface area (Å²) in [5.74, 6) is 0.0336. The van der Waals surface area contributed by atoms with Gasteiger partial charge in [0.25, 0.3) is 0 Å². The smallest absolute Gasteiger partial charge is 0.479 e. The summed E-state index contributed by atoms with van der Waals surface area (Å²) in [5.41, 5.74) is 0.907. The molecule has 0 bridgehead atoms. The van der Waals surface area contributed by atoms with Crippen LogP contribution in [-0.4, -0.2) is 44.6 Å². The first-order valence-electron chi connectivity index (χ1n) is 9.42. The van der Waals surface area contributed by atoms with Crippen LogP contribution >= 0.6 is 0 Å². The van der Waals surface area contributed by atoms with Crippen molar-refractivity contribution < 1.29 is 23.5 Å². The van der Waals surface area contributed by atoms with E-state index in [1.54, 1.807) is 16.8 Å².